The second-order valence-corrected chi connectivity index (χ2v) is 2.92. The highest BCUT2D eigenvalue weighted by atomic mass is 16.5. The first kappa shape index (κ1) is 10.3. The minimum absolute atomic E-state index is 0.406. The third kappa shape index (κ3) is 2.13. The fraction of sp³-hybridized carbons (Fsp3) is 0.182. The van der Waals surface area contributed by atoms with Crippen LogP contribution in [0.3, 0.4) is 0 Å². The average molecular weight is 191 g/mol. The number of ether oxygens (including phenoxy) is 1. The Kier molecular flexibility index (Phi) is 3.29. The van der Waals surface area contributed by atoms with Crippen LogP contribution in [0.1, 0.15) is 12.5 Å². The van der Waals surface area contributed by atoms with Crippen LogP contribution >= 0.6 is 0 Å². The number of esters is 1. The van der Waals surface area contributed by atoms with Crippen LogP contribution < -0.4 is 5.73 Å². The summed E-state index contributed by atoms with van der Waals surface area (Å²) < 4.78 is 4.65. The second-order valence-electron chi connectivity index (χ2n) is 2.92. The minimum Gasteiger partial charge on any atom is -0.465 e. The van der Waals surface area contributed by atoms with Crippen LogP contribution in [0.5, 0.6) is 0 Å². The molecule has 0 aliphatic rings. The normalized spacial score (nSPS) is 11.9. The van der Waals surface area contributed by atoms with Crippen LogP contribution in [-0.4, -0.2) is 13.1 Å². The third-order valence-corrected chi connectivity index (χ3v) is 1.85. The largest absolute Gasteiger partial charge is 0.465 e. The summed E-state index contributed by atoms with van der Waals surface area (Å²) in [4.78, 5) is 11.4. The van der Waals surface area contributed by atoms with E-state index in [0.29, 0.717) is 11.3 Å². The number of hydrogen-bond donors (Lipinski definition) is 1. The second kappa shape index (κ2) is 4.46. The number of carbonyl (C=O) groups is 1. The van der Waals surface area contributed by atoms with E-state index in [4.69, 9.17) is 5.73 Å². The standard InChI is InChI=1S/C11H13NO2/c1-8(12)10(11(13)14-2)9-6-4-3-5-7-9/h3-7H,12H2,1-2H3. The van der Waals surface area contributed by atoms with Crippen molar-refractivity contribution in [3.05, 3.63) is 41.6 Å². The van der Waals surface area contributed by atoms with Crippen LogP contribution in [0.25, 0.3) is 5.57 Å². The molecule has 0 fully saturated rings. The quantitative estimate of drug-likeness (QED) is 0.570. The lowest BCUT2D eigenvalue weighted by molar-refractivity contribution is -0.133. The molecule has 0 amide bonds. The van der Waals surface area contributed by atoms with E-state index in [0.717, 1.165) is 5.56 Å². The van der Waals surface area contributed by atoms with Crippen molar-refractivity contribution >= 4 is 11.5 Å². The molecule has 0 heterocycles. The Hall–Kier alpha value is -1.77. The first-order valence-electron chi connectivity index (χ1n) is 4.27. The zero-order valence-electron chi connectivity index (χ0n) is 8.28. The molecule has 2 N–H and O–H groups in total. The van der Waals surface area contributed by atoms with Gasteiger partial charge in [-0.3, -0.25) is 0 Å². The molecule has 74 valence electrons. The van der Waals surface area contributed by atoms with Gasteiger partial charge in [-0.05, 0) is 12.5 Å². The van der Waals surface area contributed by atoms with E-state index in [9.17, 15) is 4.79 Å². The predicted molar refractivity (Wildman–Crippen MR) is 55.2 cm³/mol. The molecule has 0 unspecified atom stereocenters. The first-order chi connectivity index (χ1) is 6.66. The molecule has 3 nitrogen and oxygen atoms in total. The molecule has 0 radical (unpaired) electrons. The number of hydrogen-bond acceptors (Lipinski definition) is 3. The highest BCUT2D eigenvalue weighted by Crippen LogP contribution is 2.17. The lowest BCUT2D eigenvalue weighted by Crippen LogP contribution is -2.09. The molecule has 0 bridgehead atoms. The van der Waals surface area contributed by atoms with Crippen LogP contribution in [0, 0.1) is 0 Å². The Morgan fingerprint density at radius 1 is 1.29 bits per heavy atom. The predicted octanol–water partition coefficient (Wildman–Crippen LogP) is 1.55. The molecule has 1 rings (SSSR count). The fourth-order valence-electron chi connectivity index (χ4n) is 1.21. The Labute approximate surface area is 83.2 Å². The van der Waals surface area contributed by atoms with Crippen molar-refractivity contribution in [1.82, 2.24) is 0 Å². The summed E-state index contributed by atoms with van der Waals surface area (Å²) in [7, 11) is 1.34. The maximum Gasteiger partial charge on any atom is 0.340 e. The summed E-state index contributed by atoms with van der Waals surface area (Å²) in [6.45, 7) is 1.68. The third-order valence-electron chi connectivity index (χ3n) is 1.85. The van der Waals surface area contributed by atoms with E-state index < -0.39 is 5.97 Å². The Morgan fingerprint density at radius 2 is 1.86 bits per heavy atom. The van der Waals surface area contributed by atoms with E-state index in [1.807, 2.05) is 30.3 Å². The molecule has 0 saturated carbocycles. The van der Waals surface area contributed by atoms with Gasteiger partial charge in [0.25, 0.3) is 0 Å². The van der Waals surface area contributed by atoms with Gasteiger partial charge in [-0.15, -0.1) is 0 Å². The minimum atomic E-state index is -0.406. The molecule has 0 spiro atoms. The highest BCUT2D eigenvalue weighted by molar-refractivity contribution is 6.17. The van der Waals surface area contributed by atoms with Crippen molar-refractivity contribution in [2.45, 2.75) is 6.92 Å². The lowest BCUT2D eigenvalue weighted by Gasteiger charge is -2.06. The van der Waals surface area contributed by atoms with Gasteiger partial charge >= 0.3 is 5.97 Å². The zero-order valence-corrected chi connectivity index (χ0v) is 8.28. The lowest BCUT2D eigenvalue weighted by atomic mass is 10.0. The van der Waals surface area contributed by atoms with Gasteiger partial charge in [0, 0.05) is 5.70 Å². The Balaban J connectivity index is 3.16. The van der Waals surface area contributed by atoms with Gasteiger partial charge in [0.05, 0.1) is 12.7 Å². The van der Waals surface area contributed by atoms with E-state index in [-0.39, 0.29) is 0 Å². The van der Waals surface area contributed by atoms with Crippen molar-refractivity contribution in [2.75, 3.05) is 7.11 Å². The van der Waals surface area contributed by atoms with Gasteiger partial charge in [-0.2, -0.15) is 0 Å². The molecule has 3 heteroatoms. The summed E-state index contributed by atoms with van der Waals surface area (Å²) in [5.74, 6) is -0.406. The first-order valence-corrected chi connectivity index (χ1v) is 4.27. The van der Waals surface area contributed by atoms with Crippen LogP contribution in [0.15, 0.2) is 36.0 Å². The van der Waals surface area contributed by atoms with Crippen LogP contribution in [0.2, 0.25) is 0 Å². The number of allylic oxidation sites excluding steroid dienone is 1. The van der Waals surface area contributed by atoms with E-state index in [1.54, 1.807) is 6.92 Å². The molecule has 0 aromatic heterocycles. The maximum atomic E-state index is 11.4. The smallest absolute Gasteiger partial charge is 0.340 e. The van der Waals surface area contributed by atoms with Crippen molar-refractivity contribution in [2.24, 2.45) is 5.73 Å². The van der Waals surface area contributed by atoms with Crippen molar-refractivity contribution in [3.63, 3.8) is 0 Å². The number of methoxy groups -OCH3 is 1. The Bertz CT molecular complexity index is 351. The van der Waals surface area contributed by atoms with E-state index >= 15 is 0 Å². The zero-order chi connectivity index (χ0) is 10.6. The van der Waals surface area contributed by atoms with E-state index in [2.05, 4.69) is 4.74 Å². The average Bonchev–Trinajstić information content (AvgIpc) is 2.19. The van der Waals surface area contributed by atoms with Gasteiger partial charge in [0.2, 0.25) is 0 Å². The van der Waals surface area contributed by atoms with E-state index in [1.165, 1.54) is 7.11 Å². The number of carbonyl (C=O) groups excluding carboxylic acids is 1. The topological polar surface area (TPSA) is 52.3 Å². The van der Waals surface area contributed by atoms with Crippen LogP contribution in [-0.2, 0) is 9.53 Å². The number of nitrogens with two attached hydrogens (primary N) is 1. The summed E-state index contributed by atoms with van der Waals surface area (Å²) >= 11 is 0. The number of benzene rings is 1. The van der Waals surface area contributed by atoms with Gasteiger partial charge in [-0.1, -0.05) is 30.3 Å². The SMILES string of the molecule is COC(=O)C(=C(C)N)c1ccccc1. The fourth-order valence-corrected chi connectivity index (χ4v) is 1.21. The molecular weight excluding hydrogens is 178 g/mol. The molecular formula is C11H13NO2. The summed E-state index contributed by atoms with van der Waals surface area (Å²) in [6.07, 6.45) is 0. The van der Waals surface area contributed by atoms with Gasteiger partial charge < -0.3 is 10.5 Å². The molecule has 0 atom stereocenters. The number of rotatable bonds is 2. The monoisotopic (exact) mass is 191 g/mol. The summed E-state index contributed by atoms with van der Waals surface area (Å²) in [6, 6.07) is 9.22. The van der Waals surface area contributed by atoms with Crippen LogP contribution in [0.4, 0.5) is 0 Å². The molecule has 14 heavy (non-hydrogen) atoms. The van der Waals surface area contributed by atoms with Crippen molar-refractivity contribution < 1.29 is 9.53 Å². The Morgan fingerprint density at radius 3 is 2.29 bits per heavy atom. The van der Waals surface area contributed by atoms with Crippen molar-refractivity contribution in [1.29, 1.82) is 0 Å². The summed E-state index contributed by atoms with van der Waals surface area (Å²) in [5.41, 5.74) is 7.29. The molecule has 0 saturated heterocycles. The van der Waals surface area contributed by atoms with Gasteiger partial charge in [0.15, 0.2) is 0 Å². The molecule has 1 aromatic rings. The molecule has 0 aliphatic heterocycles. The van der Waals surface area contributed by atoms with Crippen molar-refractivity contribution in [3.8, 4) is 0 Å². The molecule has 0 aliphatic carbocycles. The van der Waals surface area contributed by atoms with Gasteiger partial charge in [-0.25, -0.2) is 4.79 Å². The maximum absolute atomic E-state index is 11.4. The van der Waals surface area contributed by atoms with Gasteiger partial charge in [0.1, 0.15) is 0 Å². The molecule has 1 aromatic carbocycles. The summed E-state index contributed by atoms with van der Waals surface area (Å²) in [5, 5.41) is 0. The highest BCUT2D eigenvalue weighted by Gasteiger charge is 2.13.